The molecule has 1 saturated heterocycles. The minimum atomic E-state index is -3.60. The van der Waals surface area contributed by atoms with E-state index in [0.717, 1.165) is 0 Å². The van der Waals surface area contributed by atoms with Gasteiger partial charge in [0.25, 0.3) is 0 Å². The monoisotopic (exact) mass is 393 g/mol. The lowest BCUT2D eigenvalue weighted by molar-refractivity contribution is 0.180. The van der Waals surface area contributed by atoms with Crippen LogP contribution in [0.15, 0.2) is 47.4 Å². The number of hydrogen-bond acceptors (Lipinski definition) is 4. The van der Waals surface area contributed by atoms with Crippen LogP contribution in [-0.2, 0) is 16.6 Å². The van der Waals surface area contributed by atoms with Crippen molar-refractivity contribution in [3.05, 3.63) is 64.4 Å². The van der Waals surface area contributed by atoms with E-state index in [-0.39, 0.29) is 10.7 Å². The topological polar surface area (TPSA) is 64.4 Å². The Bertz CT molecular complexity index is 914. The lowest BCUT2D eigenvalue weighted by atomic mass is 10.2. The first kappa shape index (κ1) is 18.8. The second-order valence-electron chi connectivity index (χ2n) is 6.02. The first-order chi connectivity index (χ1) is 12.4. The van der Waals surface area contributed by atoms with E-state index in [1.807, 2.05) is 11.0 Å². The van der Waals surface area contributed by atoms with Crippen LogP contribution in [0, 0.1) is 17.1 Å². The number of rotatable bonds is 4. The first-order valence-electron chi connectivity index (χ1n) is 8.07. The molecule has 3 rings (SSSR count). The van der Waals surface area contributed by atoms with Gasteiger partial charge in [-0.2, -0.15) is 9.57 Å². The summed E-state index contributed by atoms with van der Waals surface area (Å²) in [5.41, 5.74) is 0.841. The fraction of sp³-hybridized carbons (Fsp3) is 0.278. The van der Waals surface area contributed by atoms with Gasteiger partial charge in [0.15, 0.2) is 0 Å². The van der Waals surface area contributed by atoms with Crippen molar-refractivity contribution in [2.24, 2.45) is 0 Å². The van der Waals surface area contributed by atoms with E-state index in [4.69, 9.17) is 16.9 Å². The summed E-state index contributed by atoms with van der Waals surface area (Å²) in [6.45, 7) is 1.94. The van der Waals surface area contributed by atoms with Gasteiger partial charge in [-0.05, 0) is 36.4 Å². The summed E-state index contributed by atoms with van der Waals surface area (Å²) in [5.74, 6) is -0.356. The second-order valence-corrected chi connectivity index (χ2v) is 8.36. The number of nitriles is 1. The van der Waals surface area contributed by atoms with Crippen LogP contribution in [0.1, 0.15) is 11.1 Å². The zero-order chi connectivity index (χ0) is 18.7. The normalized spacial score (nSPS) is 16.3. The fourth-order valence-corrected chi connectivity index (χ4v) is 4.53. The van der Waals surface area contributed by atoms with Crippen molar-refractivity contribution in [3.63, 3.8) is 0 Å². The molecule has 1 fully saturated rings. The van der Waals surface area contributed by atoms with E-state index in [0.29, 0.717) is 48.9 Å². The Morgan fingerprint density at radius 1 is 1.08 bits per heavy atom. The molecule has 1 heterocycles. The predicted octanol–water partition coefficient (Wildman–Crippen LogP) is 2.86. The third-order valence-electron chi connectivity index (χ3n) is 4.40. The van der Waals surface area contributed by atoms with Gasteiger partial charge in [0.1, 0.15) is 5.82 Å². The van der Waals surface area contributed by atoms with Gasteiger partial charge in [-0.25, -0.2) is 12.8 Å². The predicted molar refractivity (Wildman–Crippen MR) is 96.6 cm³/mol. The molecule has 0 spiro atoms. The van der Waals surface area contributed by atoms with Crippen molar-refractivity contribution in [2.75, 3.05) is 26.2 Å². The van der Waals surface area contributed by atoms with E-state index in [1.54, 1.807) is 12.1 Å². The standard InChI is InChI=1S/C18H17ClFN3O2S/c19-17-2-1-3-18(20)16(17)13-22-8-10-23(11-9-22)26(24,25)15-6-4-14(12-21)5-7-15/h1-7H,8-11,13H2. The maximum Gasteiger partial charge on any atom is 0.243 e. The minimum absolute atomic E-state index is 0.169. The summed E-state index contributed by atoms with van der Waals surface area (Å²) in [5, 5.41) is 9.19. The number of halogens is 2. The molecule has 0 amide bonds. The van der Waals surface area contributed by atoms with E-state index in [2.05, 4.69) is 0 Å². The van der Waals surface area contributed by atoms with Gasteiger partial charge in [0, 0.05) is 43.3 Å². The molecule has 2 aromatic rings. The molecule has 1 aliphatic heterocycles. The third-order valence-corrected chi connectivity index (χ3v) is 6.66. The van der Waals surface area contributed by atoms with E-state index >= 15 is 0 Å². The van der Waals surface area contributed by atoms with Gasteiger partial charge in [0.2, 0.25) is 10.0 Å². The Morgan fingerprint density at radius 2 is 1.73 bits per heavy atom. The summed E-state index contributed by atoms with van der Waals surface area (Å²) in [7, 11) is -3.60. The molecular weight excluding hydrogens is 377 g/mol. The highest BCUT2D eigenvalue weighted by Crippen LogP contribution is 2.23. The molecule has 26 heavy (non-hydrogen) atoms. The molecule has 0 saturated carbocycles. The van der Waals surface area contributed by atoms with Crippen molar-refractivity contribution in [2.45, 2.75) is 11.4 Å². The van der Waals surface area contributed by atoms with Crippen LogP contribution in [0.2, 0.25) is 5.02 Å². The van der Waals surface area contributed by atoms with Crippen LogP contribution in [0.3, 0.4) is 0 Å². The molecule has 2 aromatic carbocycles. The van der Waals surface area contributed by atoms with Crippen molar-refractivity contribution in [1.82, 2.24) is 9.21 Å². The molecule has 0 aliphatic carbocycles. The van der Waals surface area contributed by atoms with Crippen LogP contribution >= 0.6 is 11.6 Å². The maximum atomic E-state index is 13.9. The highest BCUT2D eigenvalue weighted by atomic mass is 35.5. The summed E-state index contributed by atoms with van der Waals surface area (Å²) in [4.78, 5) is 2.15. The third kappa shape index (κ3) is 3.89. The van der Waals surface area contributed by atoms with Gasteiger partial charge >= 0.3 is 0 Å². The summed E-state index contributed by atoms with van der Waals surface area (Å²) < 4.78 is 40.7. The van der Waals surface area contributed by atoms with Crippen molar-refractivity contribution in [3.8, 4) is 6.07 Å². The maximum absolute atomic E-state index is 13.9. The molecule has 0 aromatic heterocycles. The highest BCUT2D eigenvalue weighted by Gasteiger charge is 2.28. The van der Waals surface area contributed by atoms with E-state index in [9.17, 15) is 12.8 Å². The number of nitrogens with zero attached hydrogens (tertiary/aromatic N) is 3. The zero-order valence-electron chi connectivity index (χ0n) is 13.9. The Kier molecular flexibility index (Phi) is 5.58. The first-order valence-corrected chi connectivity index (χ1v) is 9.89. The Labute approximate surface area is 157 Å². The molecule has 0 atom stereocenters. The van der Waals surface area contributed by atoms with Crippen LogP contribution < -0.4 is 0 Å². The fourth-order valence-electron chi connectivity index (χ4n) is 2.89. The smallest absolute Gasteiger partial charge is 0.243 e. The second kappa shape index (κ2) is 7.72. The van der Waals surface area contributed by atoms with Gasteiger partial charge in [0.05, 0.1) is 16.5 Å². The number of sulfonamides is 1. The Balaban J connectivity index is 1.67. The molecule has 0 unspecified atom stereocenters. The Hall–Kier alpha value is -1.98. The minimum Gasteiger partial charge on any atom is -0.296 e. The molecule has 0 radical (unpaired) electrons. The number of hydrogen-bond donors (Lipinski definition) is 0. The number of piperazine rings is 1. The quantitative estimate of drug-likeness (QED) is 0.801. The highest BCUT2D eigenvalue weighted by molar-refractivity contribution is 7.89. The van der Waals surface area contributed by atoms with Crippen molar-refractivity contribution >= 4 is 21.6 Å². The Morgan fingerprint density at radius 3 is 2.31 bits per heavy atom. The van der Waals surface area contributed by atoms with Gasteiger partial charge < -0.3 is 0 Å². The molecule has 0 N–H and O–H groups in total. The molecule has 136 valence electrons. The largest absolute Gasteiger partial charge is 0.296 e. The molecule has 1 aliphatic rings. The summed E-state index contributed by atoms with van der Waals surface area (Å²) in [6, 6.07) is 12.4. The lowest BCUT2D eigenvalue weighted by Crippen LogP contribution is -2.48. The molecule has 8 heteroatoms. The van der Waals surface area contributed by atoms with Gasteiger partial charge in [-0.3, -0.25) is 4.90 Å². The summed E-state index contributed by atoms with van der Waals surface area (Å²) in [6.07, 6.45) is 0. The van der Waals surface area contributed by atoms with E-state index < -0.39 is 10.0 Å². The average molecular weight is 394 g/mol. The van der Waals surface area contributed by atoms with Crippen LogP contribution in [0.4, 0.5) is 4.39 Å². The zero-order valence-corrected chi connectivity index (χ0v) is 15.5. The molecular formula is C18H17ClFN3O2S. The molecule has 5 nitrogen and oxygen atoms in total. The van der Waals surface area contributed by atoms with Crippen LogP contribution in [0.5, 0.6) is 0 Å². The van der Waals surface area contributed by atoms with Gasteiger partial charge in [-0.15, -0.1) is 0 Å². The summed E-state index contributed by atoms with van der Waals surface area (Å²) >= 11 is 6.06. The van der Waals surface area contributed by atoms with Crippen LogP contribution in [-0.4, -0.2) is 43.8 Å². The van der Waals surface area contributed by atoms with Crippen molar-refractivity contribution in [1.29, 1.82) is 5.26 Å². The molecule has 0 bridgehead atoms. The number of benzene rings is 2. The van der Waals surface area contributed by atoms with Crippen LogP contribution in [0.25, 0.3) is 0 Å². The SMILES string of the molecule is N#Cc1ccc(S(=O)(=O)N2CCN(Cc3c(F)cccc3Cl)CC2)cc1. The lowest BCUT2D eigenvalue weighted by Gasteiger charge is -2.34. The van der Waals surface area contributed by atoms with Crippen molar-refractivity contribution < 1.29 is 12.8 Å². The van der Waals surface area contributed by atoms with Gasteiger partial charge in [-0.1, -0.05) is 17.7 Å². The van der Waals surface area contributed by atoms with E-state index in [1.165, 1.54) is 34.6 Å². The average Bonchev–Trinajstić information content (AvgIpc) is 2.65.